The van der Waals surface area contributed by atoms with Crippen molar-refractivity contribution in [3.05, 3.63) is 41.5 Å². The first-order chi connectivity index (χ1) is 7.07. The van der Waals surface area contributed by atoms with Crippen molar-refractivity contribution in [2.24, 2.45) is 4.99 Å². The van der Waals surface area contributed by atoms with Gasteiger partial charge in [0.2, 0.25) is 0 Å². The molecule has 0 unspecified atom stereocenters. The standard InChI is InChI=1S/C14H17N/c1-14(2,3)13-6-4-5-11(9-13)12-7-8-15-10-12/h4-7,9-10H,8H2,1-3H3. The van der Waals surface area contributed by atoms with Crippen LogP contribution in [0.3, 0.4) is 0 Å². The summed E-state index contributed by atoms with van der Waals surface area (Å²) in [5.41, 5.74) is 4.12. The summed E-state index contributed by atoms with van der Waals surface area (Å²) in [5, 5.41) is 0. The molecule has 0 spiro atoms. The summed E-state index contributed by atoms with van der Waals surface area (Å²) in [6.07, 6.45) is 4.13. The minimum atomic E-state index is 0.215. The van der Waals surface area contributed by atoms with Crippen LogP contribution >= 0.6 is 0 Å². The molecule has 0 N–H and O–H groups in total. The molecule has 1 aromatic carbocycles. The van der Waals surface area contributed by atoms with Crippen LogP contribution in [0.5, 0.6) is 0 Å². The Morgan fingerprint density at radius 2 is 2.00 bits per heavy atom. The van der Waals surface area contributed by atoms with E-state index in [9.17, 15) is 0 Å². The number of benzene rings is 1. The van der Waals surface area contributed by atoms with E-state index in [4.69, 9.17) is 0 Å². The van der Waals surface area contributed by atoms with Crippen LogP contribution < -0.4 is 0 Å². The van der Waals surface area contributed by atoms with Gasteiger partial charge < -0.3 is 0 Å². The number of allylic oxidation sites excluding steroid dienone is 1. The summed E-state index contributed by atoms with van der Waals surface area (Å²) in [7, 11) is 0. The molecule has 78 valence electrons. The van der Waals surface area contributed by atoms with E-state index in [2.05, 4.69) is 56.1 Å². The van der Waals surface area contributed by atoms with Crippen molar-refractivity contribution in [3.63, 3.8) is 0 Å². The fourth-order valence-corrected chi connectivity index (χ4v) is 1.71. The average Bonchev–Trinajstić information content (AvgIpc) is 2.69. The maximum Gasteiger partial charge on any atom is 0.0580 e. The lowest BCUT2D eigenvalue weighted by molar-refractivity contribution is 0.590. The normalized spacial score (nSPS) is 15.5. The monoisotopic (exact) mass is 199 g/mol. The Morgan fingerprint density at radius 1 is 1.20 bits per heavy atom. The third-order valence-corrected chi connectivity index (χ3v) is 2.71. The first kappa shape index (κ1) is 10.2. The highest BCUT2D eigenvalue weighted by molar-refractivity contribution is 6.11. The molecule has 1 heterocycles. The van der Waals surface area contributed by atoms with Crippen molar-refractivity contribution >= 4 is 11.8 Å². The van der Waals surface area contributed by atoms with E-state index < -0.39 is 0 Å². The molecule has 2 rings (SSSR count). The summed E-state index contributed by atoms with van der Waals surface area (Å²) in [6, 6.07) is 8.74. The van der Waals surface area contributed by atoms with E-state index in [-0.39, 0.29) is 5.41 Å². The number of hydrogen-bond acceptors (Lipinski definition) is 1. The molecule has 15 heavy (non-hydrogen) atoms. The van der Waals surface area contributed by atoms with Crippen LogP contribution in [0.2, 0.25) is 0 Å². The molecule has 1 nitrogen and oxygen atoms in total. The van der Waals surface area contributed by atoms with Gasteiger partial charge >= 0.3 is 0 Å². The maximum atomic E-state index is 4.22. The van der Waals surface area contributed by atoms with E-state index in [1.807, 2.05) is 6.21 Å². The molecule has 0 saturated carbocycles. The minimum Gasteiger partial charge on any atom is -0.288 e. The van der Waals surface area contributed by atoms with Crippen molar-refractivity contribution in [2.45, 2.75) is 26.2 Å². The van der Waals surface area contributed by atoms with E-state index in [1.54, 1.807) is 0 Å². The molecule has 1 aromatic rings. The van der Waals surface area contributed by atoms with Gasteiger partial charge in [-0.2, -0.15) is 0 Å². The van der Waals surface area contributed by atoms with Crippen LogP contribution in [0, 0.1) is 0 Å². The third-order valence-electron chi connectivity index (χ3n) is 2.71. The van der Waals surface area contributed by atoms with Gasteiger partial charge in [-0.25, -0.2) is 0 Å². The molecular formula is C14H17N. The second kappa shape index (κ2) is 3.65. The summed E-state index contributed by atoms with van der Waals surface area (Å²) < 4.78 is 0. The largest absolute Gasteiger partial charge is 0.288 e. The molecule has 0 radical (unpaired) electrons. The van der Waals surface area contributed by atoms with Gasteiger partial charge in [0, 0.05) is 6.21 Å². The summed E-state index contributed by atoms with van der Waals surface area (Å²) in [5.74, 6) is 0. The van der Waals surface area contributed by atoms with E-state index in [1.165, 1.54) is 16.7 Å². The zero-order chi connectivity index (χ0) is 10.9. The van der Waals surface area contributed by atoms with Crippen molar-refractivity contribution in [3.8, 4) is 0 Å². The van der Waals surface area contributed by atoms with Crippen LogP contribution in [0.25, 0.3) is 5.57 Å². The highest BCUT2D eigenvalue weighted by Crippen LogP contribution is 2.25. The van der Waals surface area contributed by atoms with Crippen LogP contribution in [0.1, 0.15) is 31.9 Å². The first-order valence-electron chi connectivity index (χ1n) is 5.38. The zero-order valence-electron chi connectivity index (χ0n) is 9.62. The quantitative estimate of drug-likeness (QED) is 0.657. The first-order valence-corrected chi connectivity index (χ1v) is 5.38. The fourth-order valence-electron chi connectivity index (χ4n) is 1.71. The van der Waals surface area contributed by atoms with Gasteiger partial charge in [0.1, 0.15) is 0 Å². The molecule has 0 bridgehead atoms. The second-order valence-electron chi connectivity index (χ2n) is 4.98. The predicted octanol–water partition coefficient (Wildman–Crippen LogP) is 3.45. The van der Waals surface area contributed by atoms with Gasteiger partial charge in [-0.05, 0) is 22.1 Å². The zero-order valence-corrected chi connectivity index (χ0v) is 9.62. The van der Waals surface area contributed by atoms with Gasteiger partial charge in [0.05, 0.1) is 6.54 Å². The fraction of sp³-hybridized carbons (Fsp3) is 0.357. The number of rotatable bonds is 1. The molecule has 0 saturated heterocycles. The van der Waals surface area contributed by atoms with Crippen molar-refractivity contribution < 1.29 is 0 Å². The van der Waals surface area contributed by atoms with Crippen LogP contribution in [0.15, 0.2) is 35.3 Å². The van der Waals surface area contributed by atoms with Crippen LogP contribution in [-0.2, 0) is 5.41 Å². The third kappa shape index (κ3) is 2.17. The van der Waals surface area contributed by atoms with Crippen molar-refractivity contribution in [2.75, 3.05) is 6.54 Å². The van der Waals surface area contributed by atoms with E-state index >= 15 is 0 Å². The number of aliphatic imine (C=N–C) groups is 1. The van der Waals surface area contributed by atoms with Gasteiger partial charge in [0.25, 0.3) is 0 Å². The van der Waals surface area contributed by atoms with Gasteiger partial charge in [-0.15, -0.1) is 0 Å². The Bertz CT molecular complexity index is 419. The molecule has 0 aliphatic carbocycles. The molecule has 1 aliphatic heterocycles. The van der Waals surface area contributed by atoms with Crippen molar-refractivity contribution in [1.82, 2.24) is 0 Å². The van der Waals surface area contributed by atoms with Crippen LogP contribution in [-0.4, -0.2) is 12.8 Å². The summed E-state index contributed by atoms with van der Waals surface area (Å²) in [6.45, 7) is 7.55. The molecule has 0 aromatic heterocycles. The molecule has 1 heteroatoms. The number of hydrogen-bond donors (Lipinski definition) is 0. The number of nitrogens with zero attached hydrogens (tertiary/aromatic N) is 1. The summed E-state index contributed by atoms with van der Waals surface area (Å²) >= 11 is 0. The van der Waals surface area contributed by atoms with E-state index in [0.29, 0.717) is 0 Å². The highest BCUT2D eigenvalue weighted by Gasteiger charge is 2.14. The molecular weight excluding hydrogens is 182 g/mol. The smallest absolute Gasteiger partial charge is 0.0580 e. The van der Waals surface area contributed by atoms with Crippen molar-refractivity contribution in [1.29, 1.82) is 0 Å². The predicted molar refractivity (Wildman–Crippen MR) is 66.5 cm³/mol. The Labute approximate surface area is 91.6 Å². The highest BCUT2D eigenvalue weighted by atomic mass is 14.7. The lowest BCUT2D eigenvalue weighted by Gasteiger charge is -2.19. The van der Waals surface area contributed by atoms with E-state index in [0.717, 1.165) is 6.54 Å². The lowest BCUT2D eigenvalue weighted by atomic mass is 9.85. The van der Waals surface area contributed by atoms with Gasteiger partial charge in [-0.3, -0.25) is 4.99 Å². The minimum absolute atomic E-state index is 0.215. The maximum absolute atomic E-state index is 4.22. The Morgan fingerprint density at radius 3 is 2.60 bits per heavy atom. The molecule has 1 aliphatic rings. The van der Waals surface area contributed by atoms with Gasteiger partial charge in [-0.1, -0.05) is 51.1 Å². The SMILES string of the molecule is CC(C)(C)c1cccc(C2=CCN=C2)c1. The lowest BCUT2D eigenvalue weighted by Crippen LogP contribution is -2.11. The second-order valence-corrected chi connectivity index (χ2v) is 4.98. The Hall–Kier alpha value is -1.37. The Balaban J connectivity index is 2.39. The van der Waals surface area contributed by atoms with Crippen LogP contribution in [0.4, 0.5) is 0 Å². The molecule has 0 amide bonds. The Kier molecular flexibility index (Phi) is 2.47. The van der Waals surface area contributed by atoms with Gasteiger partial charge in [0.15, 0.2) is 0 Å². The summed E-state index contributed by atoms with van der Waals surface area (Å²) in [4.78, 5) is 4.22. The molecule has 0 atom stereocenters. The topological polar surface area (TPSA) is 12.4 Å². The average molecular weight is 199 g/mol. The molecule has 0 fully saturated rings.